The Labute approximate surface area is 159 Å². The molecule has 0 N–H and O–H groups in total. The second kappa shape index (κ2) is 6.51. The van der Waals surface area contributed by atoms with Crippen LogP contribution in [0.1, 0.15) is 35.4 Å². The van der Waals surface area contributed by atoms with Crippen LogP contribution in [-0.2, 0) is 6.42 Å². The number of nitrogens with zero attached hydrogens (tertiary/aromatic N) is 1. The number of thiophene rings is 1. The van der Waals surface area contributed by atoms with E-state index in [2.05, 4.69) is 77.1 Å². The molecule has 2 heteroatoms. The van der Waals surface area contributed by atoms with Gasteiger partial charge in [-0.05, 0) is 63.4 Å². The topological polar surface area (TPSA) is 12.9 Å². The molecule has 0 aliphatic carbocycles. The van der Waals surface area contributed by atoms with Gasteiger partial charge in [0.25, 0.3) is 0 Å². The number of benzene rings is 2. The molecule has 1 nitrogen and oxygen atoms in total. The molecule has 0 fully saturated rings. The molecule has 0 radical (unpaired) electrons. The molecule has 0 saturated heterocycles. The molecule has 2 aromatic heterocycles. The van der Waals surface area contributed by atoms with Crippen LogP contribution in [0.2, 0.25) is 0 Å². The average molecular weight is 360 g/mol. The molecule has 0 saturated carbocycles. The molecule has 0 bridgehead atoms. The van der Waals surface area contributed by atoms with Crippen molar-refractivity contribution in [1.82, 2.24) is 4.98 Å². The third kappa shape index (κ3) is 3.14. The summed E-state index contributed by atoms with van der Waals surface area (Å²) in [6.45, 7) is 11.1. The first-order valence-corrected chi connectivity index (χ1v) is 10.1. The summed E-state index contributed by atoms with van der Waals surface area (Å²) in [5.74, 6) is 0.661. The molecule has 132 valence electrons. The highest BCUT2D eigenvalue weighted by Gasteiger charge is 2.15. The van der Waals surface area contributed by atoms with Crippen molar-refractivity contribution in [3.63, 3.8) is 0 Å². The van der Waals surface area contributed by atoms with E-state index in [0.29, 0.717) is 5.92 Å². The van der Waals surface area contributed by atoms with Crippen LogP contribution in [0.15, 0.2) is 42.5 Å². The molecule has 0 spiro atoms. The monoisotopic (exact) mass is 359 g/mol. The van der Waals surface area contributed by atoms with E-state index in [1.165, 1.54) is 42.6 Å². The molecule has 2 aromatic carbocycles. The molecule has 4 rings (SSSR count). The van der Waals surface area contributed by atoms with Gasteiger partial charge in [0, 0.05) is 25.9 Å². The van der Waals surface area contributed by atoms with E-state index < -0.39 is 0 Å². The number of pyridine rings is 1. The second-order valence-electron chi connectivity index (χ2n) is 7.91. The molecule has 0 amide bonds. The number of rotatable bonds is 3. The lowest BCUT2D eigenvalue weighted by Gasteiger charge is -2.09. The maximum Gasteiger partial charge on any atom is 0.0796 e. The Morgan fingerprint density at radius 3 is 2.27 bits per heavy atom. The number of aromatic nitrogens is 1. The summed E-state index contributed by atoms with van der Waals surface area (Å²) in [6.07, 6.45) is 1.12. The van der Waals surface area contributed by atoms with Crippen LogP contribution in [0.4, 0.5) is 0 Å². The lowest BCUT2D eigenvalue weighted by molar-refractivity contribution is 0.654. The maximum atomic E-state index is 5.10. The third-order valence-corrected chi connectivity index (χ3v) is 5.96. The first-order valence-electron chi connectivity index (χ1n) is 9.32. The van der Waals surface area contributed by atoms with Crippen LogP contribution in [-0.4, -0.2) is 4.98 Å². The second-order valence-corrected chi connectivity index (χ2v) is 9.05. The quantitative estimate of drug-likeness (QED) is 0.375. The van der Waals surface area contributed by atoms with Crippen molar-refractivity contribution in [3.8, 4) is 11.3 Å². The van der Waals surface area contributed by atoms with E-state index in [4.69, 9.17) is 4.98 Å². The van der Waals surface area contributed by atoms with Crippen molar-refractivity contribution >= 4 is 32.3 Å². The Bertz CT molecular complexity index is 1100. The fourth-order valence-corrected chi connectivity index (χ4v) is 5.16. The number of hydrogen-bond donors (Lipinski definition) is 0. The fraction of sp³-hybridized carbons (Fsp3) is 0.292. The van der Waals surface area contributed by atoms with Crippen molar-refractivity contribution in [1.29, 1.82) is 0 Å². The molecule has 0 atom stereocenters. The molecular formula is C24H25NS. The Morgan fingerprint density at radius 2 is 1.58 bits per heavy atom. The van der Waals surface area contributed by atoms with Gasteiger partial charge in [0.05, 0.1) is 11.2 Å². The summed E-state index contributed by atoms with van der Waals surface area (Å²) < 4.78 is 1.38. The number of hydrogen-bond acceptors (Lipinski definition) is 2. The molecule has 0 unspecified atom stereocenters. The first kappa shape index (κ1) is 17.2. The summed E-state index contributed by atoms with van der Waals surface area (Å²) in [7, 11) is 0. The van der Waals surface area contributed by atoms with Gasteiger partial charge in [0.1, 0.15) is 0 Å². The van der Waals surface area contributed by atoms with Crippen molar-refractivity contribution in [2.45, 2.75) is 41.0 Å². The van der Waals surface area contributed by atoms with Crippen molar-refractivity contribution < 1.29 is 0 Å². The van der Waals surface area contributed by atoms with Crippen molar-refractivity contribution in [2.75, 3.05) is 0 Å². The largest absolute Gasteiger partial charge is 0.247 e. The molecule has 0 aliphatic heterocycles. The molecular weight excluding hydrogens is 334 g/mol. The predicted octanol–water partition coefficient (Wildman–Crippen LogP) is 7.24. The zero-order chi connectivity index (χ0) is 18.4. The zero-order valence-corrected chi connectivity index (χ0v) is 17.0. The summed E-state index contributed by atoms with van der Waals surface area (Å²) in [4.78, 5) is 6.55. The van der Waals surface area contributed by atoms with Crippen LogP contribution in [0, 0.1) is 26.7 Å². The average Bonchev–Trinajstić information content (AvgIpc) is 2.96. The van der Waals surface area contributed by atoms with Crippen LogP contribution in [0.25, 0.3) is 32.2 Å². The summed E-state index contributed by atoms with van der Waals surface area (Å²) in [5.41, 5.74) is 7.31. The Morgan fingerprint density at radius 1 is 0.846 bits per heavy atom. The van der Waals surface area contributed by atoms with Gasteiger partial charge in [-0.1, -0.05) is 42.7 Å². The smallest absolute Gasteiger partial charge is 0.0796 e. The molecule has 4 aromatic rings. The molecule has 26 heavy (non-hydrogen) atoms. The summed E-state index contributed by atoms with van der Waals surface area (Å²) >= 11 is 1.94. The van der Waals surface area contributed by atoms with Crippen molar-refractivity contribution in [3.05, 3.63) is 64.0 Å². The third-order valence-electron chi connectivity index (χ3n) is 4.77. The molecule has 0 aliphatic rings. The van der Waals surface area contributed by atoms with Crippen molar-refractivity contribution in [2.24, 2.45) is 5.92 Å². The Hall–Kier alpha value is -2.19. The van der Waals surface area contributed by atoms with Gasteiger partial charge in [0.15, 0.2) is 0 Å². The standard InChI is InChI=1S/C24H25NS/c1-14(2)8-19-13-21-23(18-10-16(4)9-17(5)11-18)25-22-7-6-15(3)12-20(22)24(21)26-19/h6-7,9-14H,8H2,1-5H3. The minimum Gasteiger partial charge on any atom is -0.247 e. The van der Waals surface area contributed by atoms with Crippen LogP contribution in [0.3, 0.4) is 0 Å². The highest BCUT2D eigenvalue weighted by atomic mass is 32.1. The SMILES string of the molecule is Cc1cc(C)cc(-c2nc3ccc(C)cc3c3sc(CC(C)C)cc23)c1. The van der Waals surface area contributed by atoms with Gasteiger partial charge in [-0.3, -0.25) is 0 Å². The van der Waals surface area contributed by atoms with E-state index in [1.54, 1.807) is 0 Å². The van der Waals surface area contributed by atoms with Gasteiger partial charge < -0.3 is 0 Å². The predicted molar refractivity (Wildman–Crippen MR) is 115 cm³/mol. The fourth-order valence-electron chi connectivity index (χ4n) is 3.76. The zero-order valence-electron chi connectivity index (χ0n) is 16.2. The number of aryl methyl sites for hydroxylation is 3. The highest BCUT2D eigenvalue weighted by molar-refractivity contribution is 7.20. The van der Waals surface area contributed by atoms with Crippen LogP contribution >= 0.6 is 11.3 Å². The lowest BCUT2D eigenvalue weighted by Crippen LogP contribution is -1.90. The Balaban J connectivity index is 2.07. The first-order chi connectivity index (χ1) is 12.4. The van der Waals surface area contributed by atoms with Gasteiger partial charge in [0.2, 0.25) is 0 Å². The van der Waals surface area contributed by atoms with Gasteiger partial charge >= 0.3 is 0 Å². The van der Waals surface area contributed by atoms with Crippen LogP contribution in [0.5, 0.6) is 0 Å². The highest BCUT2D eigenvalue weighted by Crippen LogP contribution is 2.39. The Kier molecular flexibility index (Phi) is 4.32. The van der Waals surface area contributed by atoms with Gasteiger partial charge in [-0.15, -0.1) is 11.3 Å². The van der Waals surface area contributed by atoms with Gasteiger partial charge in [-0.25, -0.2) is 4.98 Å². The van der Waals surface area contributed by atoms with E-state index in [0.717, 1.165) is 17.6 Å². The number of fused-ring (bicyclic) bond motifs is 3. The van der Waals surface area contributed by atoms with E-state index in [-0.39, 0.29) is 0 Å². The minimum atomic E-state index is 0.661. The summed E-state index contributed by atoms with van der Waals surface area (Å²) in [5, 5.41) is 2.59. The lowest BCUT2D eigenvalue weighted by atomic mass is 10.0. The van der Waals surface area contributed by atoms with Gasteiger partial charge in [-0.2, -0.15) is 0 Å². The van der Waals surface area contributed by atoms with E-state index in [9.17, 15) is 0 Å². The maximum absolute atomic E-state index is 5.10. The van der Waals surface area contributed by atoms with E-state index >= 15 is 0 Å². The normalized spacial score (nSPS) is 11.8. The van der Waals surface area contributed by atoms with Crippen LogP contribution < -0.4 is 0 Å². The summed E-state index contributed by atoms with van der Waals surface area (Å²) in [6, 6.07) is 15.7. The molecule has 2 heterocycles. The minimum absolute atomic E-state index is 0.661. The van der Waals surface area contributed by atoms with E-state index in [1.807, 2.05) is 11.3 Å².